The Morgan fingerprint density at radius 1 is 1.09 bits per heavy atom. The van der Waals surface area contributed by atoms with Crippen molar-refractivity contribution in [2.75, 3.05) is 26.3 Å². The van der Waals surface area contributed by atoms with Crippen LogP contribution in [0.4, 0.5) is 4.39 Å². The van der Waals surface area contributed by atoms with Crippen LogP contribution in [0.3, 0.4) is 0 Å². The minimum absolute atomic E-state index is 0.163. The van der Waals surface area contributed by atoms with Gasteiger partial charge in [-0.15, -0.1) is 5.10 Å². The zero-order valence-corrected chi connectivity index (χ0v) is 18.6. The summed E-state index contributed by atoms with van der Waals surface area (Å²) in [5.41, 5.74) is 4.24. The van der Waals surface area contributed by atoms with Crippen LogP contribution in [0.2, 0.25) is 0 Å². The molecule has 2 aromatic heterocycles. The molecule has 1 fully saturated rings. The Labute approximate surface area is 190 Å². The van der Waals surface area contributed by atoms with Crippen LogP contribution in [0.15, 0.2) is 47.3 Å². The topological polar surface area (TPSA) is 88.9 Å². The van der Waals surface area contributed by atoms with Crippen molar-refractivity contribution in [2.24, 2.45) is 0 Å². The van der Waals surface area contributed by atoms with E-state index in [9.17, 15) is 9.18 Å². The summed E-state index contributed by atoms with van der Waals surface area (Å²) in [6.45, 7) is 6.83. The summed E-state index contributed by atoms with van der Waals surface area (Å²) in [4.78, 5) is 18.6. The first-order valence-electron chi connectivity index (χ1n) is 11.0. The van der Waals surface area contributed by atoms with Crippen molar-refractivity contribution in [3.05, 3.63) is 86.7 Å². The van der Waals surface area contributed by atoms with Gasteiger partial charge in [-0.1, -0.05) is 24.3 Å². The average Bonchev–Trinajstić information content (AvgIpc) is 3.27. The molecule has 1 aliphatic heterocycles. The van der Waals surface area contributed by atoms with Gasteiger partial charge >= 0.3 is 0 Å². The third kappa shape index (κ3) is 4.17. The molecule has 8 nitrogen and oxygen atoms in total. The molecule has 0 radical (unpaired) electrons. The van der Waals surface area contributed by atoms with Crippen molar-refractivity contribution >= 4 is 10.9 Å². The van der Waals surface area contributed by atoms with Crippen molar-refractivity contribution in [1.29, 1.82) is 0 Å². The molecule has 4 aromatic rings. The number of tetrazole rings is 1. The normalized spacial score (nSPS) is 15.7. The fourth-order valence-corrected chi connectivity index (χ4v) is 4.41. The zero-order chi connectivity index (χ0) is 22.9. The number of aryl methyl sites for hydroxylation is 2. The Balaban J connectivity index is 1.64. The smallest absolute Gasteiger partial charge is 0.253 e. The number of morpholine rings is 1. The van der Waals surface area contributed by atoms with Crippen molar-refractivity contribution < 1.29 is 9.13 Å². The van der Waals surface area contributed by atoms with Crippen LogP contribution < -0.4 is 5.56 Å². The van der Waals surface area contributed by atoms with Gasteiger partial charge in [0.1, 0.15) is 11.9 Å². The first-order chi connectivity index (χ1) is 16.0. The van der Waals surface area contributed by atoms with Crippen LogP contribution in [0.1, 0.15) is 34.1 Å². The van der Waals surface area contributed by atoms with Gasteiger partial charge in [-0.3, -0.25) is 9.69 Å². The predicted octanol–water partition coefficient (Wildman–Crippen LogP) is 2.74. The number of H-pyrrole nitrogens is 1. The van der Waals surface area contributed by atoms with E-state index in [0.717, 1.165) is 27.6 Å². The van der Waals surface area contributed by atoms with E-state index in [1.54, 1.807) is 16.8 Å². The van der Waals surface area contributed by atoms with Crippen molar-refractivity contribution in [3.63, 3.8) is 0 Å². The molecule has 170 valence electrons. The second-order valence-electron chi connectivity index (χ2n) is 8.41. The zero-order valence-electron chi connectivity index (χ0n) is 18.6. The predicted molar refractivity (Wildman–Crippen MR) is 122 cm³/mol. The average molecular weight is 449 g/mol. The van der Waals surface area contributed by atoms with Crippen LogP contribution in [0.25, 0.3) is 10.9 Å². The summed E-state index contributed by atoms with van der Waals surface area (Å²) in [5.74, 6) is 0.270. The maximum absolute atomic E-state index is 13.4. The second kappa shape index (κ2) is 8.84. The third-order valence-electron chi connectivity index (χ3n) is 6.23. The molecule has 5 rings (SSSR count). The number of aromatic amines is 1. The van der Waals surface area contributed by atoms with Crippen LogP contribution >= 0.6 is 0 Å². The Morgan fingerprint density at radius 3 is 2.58 bits per heavy atom. The Morgan fingerprint density at radius 2 is 1.82 bits per heavy atom. The van der Waals surface area contributed by atoms with E-state index < -0.39 is 6.04 Å². The highest BCUT2D eigenvalue weighted by molar-refractivity contribution is 5.85. The van der Waals surface area contributed by atoms with Crippen molar-refractivity contribution in [1.82, 2.24) is 30.1 Å². The molecule has 0 amide bonds. The fraction of sp³-hybridized carbons (Fsp3) is 0.333. The van der Waals surface area contributed by atoms with E-state index in [1.165, 1.54) is 12.1 Å². The molecular weight excluding hydrogens is 423 g/mol. The standard InChI is InChI=1S/C24H25FN6O2/c1-15-3-4-16(2)21-19(15)13-20(24(32)26-21)22(30-9-11-33-12-10-30)23-27-28-29-31(23)14-17-5-7-18(25)8-6-17/h3-8,13,22H,9-12,14H2,1-2H3,(H,26,32)/t22-/m1/s1. The van der Waals surface area contributed by atoms with Gasteiger partial charge in [0, 0.05) is 24.0 Å². The molecule has 0 spiro atoms. The number of nitrogens with zero attached hydrogens (tertiary/aromatic N) is 5. The monoisotopic (exact) mass is 448 g/mol. The largest absolute Gasteiger partial charge is 0.379 e. The van der Waals surface area contributed by atoms with Gasteiger partial charge < -0.3 is 9.72 Å². The quantitative estimate of drug-likeness (QED) is 0.505. The summed E-state index contributed by atoms with van der Waals surface area (Å²) in [7, 11) is 0. The second-order valence-corrected chi connectivity index (χ2v) is 8.41. The van der Waals surface area contributed by atoms with Crippen LogP contribution in [-0.4, -0.2) is 56.4 Å². The molecule has 2 aromatic carbocycles. The highest BCUT2D eigenvalue weighted by Gasteiger charge is 2.31. The molecule has 0 aliphatic carbocycles. The van der Waals surface area contributed by atoms with Gasteiger partial charge in [0.15, 0.2) is 5.82 Å². The fourth-order valence-electron chi connectivity index (χ4n) is 4.41. The summed E-state index contributed by atoms with van der Waals surface area (Å²) in [5, 5.41) is 13.4. The van der Waals surface area contributed by atoms with Gasteiger partial charge in [-0.05, 0) is 59.2 Å². The van der Waals surface area contributed by atoms with Gasteiger partial charge in [0.2, 0.25) is 0 Å². The first kappa shape index (κ1) is 21.4. The SMILES string of the molecule is Cc1ccc(C)c2[nH]c(=O)c([C@H](c3nnnn3Cc3ccc(F)cc3)N3CCOCC3)cc12. The van der Waals surface area contributed by atoms with Gasteiger partial charge in [-0.2, -0.15) is 0 Å². The molecule has 0 bridgehead atoms. The minimum Gasteiger partial charge on any atom is -0.379 e. The summed E-state index contributed by atoms with van der Waals surface area (Å²) < 4.78 is 20.6. The van der Waals surface area contributed by atoms with E-state index in [1.807, 2.05) is 26.0 Å². The highest BCUT2D eigenvalue weighted by Crippen LogP contribution is 2.29. The van der Waals surface area contributed by atoms with E-state index in [0.29, 0.717) is 44.2 Å². The number of fused-ring (bicyclic) bond motifs is 1. The molecule has 0 saturated carbocycles. The number of hydrogen-bond donors (Lipinski definition) is 1. The van der Waals surface area contributed by atoms with Crippen molar-refractivity contribution in [3.8, 4) is 0 Å². The Kier molecular flexibility index (Phi) is 5.74. The maximum Gasteiger partial charge on any atom is 0.253 e. The number of ether oxygens (including phenoxy) is 1. The molecule has 0 unspecified atom stereocenters. The minimum atomic E-state index is -0.447. The molecule has 1 atom stereocenters. The lowest BCUT2D eigenvalue weighted by atomic mass is 9.99. The summed E-state index contributed by atoms with van der Waals surface area (Å²) >= 11 is 0. The number of hydrogen-bond acceptors (Lipinski definition) is 6. The number of nitrogens with one attached hydrogen (secondary N) is 1. The van der Waals surface area contributed by atoms with Gasteiger partial charge in [0.25, 0.3) is 5.56 Å². The lowest BCUT2D eigenvalue weighted by Gasteiger charge is -2.33. The number of pyridine rings is 1. The Bertz CT molecular complexity index is 1340. The molecule has 3 heterocycles. The number of rotatable bonds is 5. The highest BCUT2D eigenvalue weighted by atomic mass is 19.1. The van der Waals surface area contributed by atoms with E-state index in [2.05, 4.69) is 31.5 Å². The summed E-state index contributed by atoms with van der Waals surface area (Å²) in [6.07, 6.45) is 0. The lowest BCUT2D eigenvalue weighted by Crippen LogP contribution is -2.42. The lowest BCUT2D eigenvalue weighted by molar-refractivity contribution is 0.0214. The van der Waals surface area contributed by atoms with Gasteiger partial charge in [0.05, 0.1) is 25.3 Å². The third-order valence-corrected chi connectivity index (χ3v) is 6.23. The molecule has 9 heteroatoms. The number of halogens is 1. The van der Waals surface area contributed by atoms with E-state index in [4.69, 9.17) is 4.74 Å². The molecule has 33 heavy (non-hydrogen) atoms. The number of benzene rings is 2. The molecule has 1 saturated heterocycles. The van der Waals surface area contributed by atoms with E-state index in [-0.39, 0.29) is 11.4 Å². The van der Waals surface area contributed by atoms with Crippen LogP contribution in [0.5, 0.6) is 0 Å². The molecular formula is C24H25FN6O2. The molecule has 1 N–H and O–H groups in total. The van der Waals surface area contributed by atoms with Crippen LogP contribution in [0, 0.1) is 19.7 Å². The first-order valence-corrected chi connectivity index (χ1v) is 11.0. The van der Waals surface area contributed by atoms with Gasteiger partial charge in [-0.25, -0.2) is 9.07 Å². The Hall–Kier alpha value is -3.43. The van der Waals surface area contributed by atoms with E-state index >= 15 is 0 Å². The van der Waals surface area contributed by atoms with Crippen LogP contribution in [-0.2, 0) is 11.3 Å². The number of aromatic nitrogens is 5. The summed E-state index contributed by atoms with van der Waals surface area (Å²) in [6, 6.07) is 11.8. The van der Waals surface area contributed by atoms with Crippen molar-refractivity contribution in [2.45, 2.75) is 26.4 Å². The molecule has 1 aliphatic rings. The maximum atomic E-state index is 13.4.